The third-order valence-electron chi connectivity index (χ3n) is 8.45. The van der Waals surface area contributed by atoms with Crippen molar-refractivity contribution in [2.75, 3.05) is 0 Å². The van der Waals surface area contributed by atoms with Crippen LogP contribution in [-0.4, -0.2) is 29.1 Å². The molecule has 0 aliphatic heterocycles. The molecule has 44 heavy (non-hydrogen) atoms. The second kappa shape index (κ2) is 16.2. The number of carbonyl (C=O) groups excluding carboxylic acids is 1. The van der Waals surface area contributed by atoms with E-state index in [1.165, 1.54) is 38.1 Å². The maximum Gasteiger partial charge on any atom is 0 e. The van der Waals surface area contributed by atoms with Crippen LogP contribution in [0.4, 0.5) is 0 Å². The topological polar surface area (TPSA) is 50.2 Å². The van der Waals surface area contributed by atoms with Crippen molar-refractivity contribution in [2.24, 2.45) is 11.8 Å². The zero-order valence-electron chi connectivity index (χ0n) is 28.6. The third-order valence-corrected chi connectivity index (χ3v) is 17.1. The van der Waals surface area contributed by atoms with Gasteiger partial charge in [0.05, 0.1) is 5.76 Å². The number of hydrogen-bond donors (Lipinski definition) is 1. The number of hydrogen-bond acceptors (Lipinski definition) is 4. The number of fused-ring (bicyclic) bond motifs is 2. The van der Waals surface area contributed by atoms with Crippen LogP contribution in [0.2, 0.25) is 17.3 Å². The second-order valence-corrected chi connectivity index (χ2v) is 26.0. The summed E-state index contributed by atoms with van der Waals surface area (Å²) in [6.45, 7) is 17.2. The number of benzene rings is 2. The average Bonchev–Trinajstić information content (AvgIpc) is 3.30. The van der Waals surface area contributed by atoms with Crippen LogP contribution >= 0.6 is 11.3 Å². The second-order valence-electron chi connectivity index (χ2n) is 13.7. The summed E-state index contributed by atoms with van der Waals surface area (Å²) in [6, 6.07) is 16.8. The van der Waals surface area contributed by atoms with Crippen LogP contribution in [0.3, 0.4) is 0 Å². The molecule has 0 fully saturated rings. The normalized spacial score (nSPS) is 12.4. The molecule has 0 spiro atoms. The van der Waals surface area contributed by atoms with Crippen molar-refractivity contribution in [3.8, 4) is 11.3 Å². The molecule has 241 valence electrons. The molecule has 0 aliphatic carbocycles. The van der Waals surface area contributed by atoms with Gasteiger partial charge in [-0.1, -0.05) is 27.7 Å². The molecule has 6 heteroatoms. The summed E-state index contributed by atoms with van der Waals surface area (Å²) in [4.78, 5) is 16.6. The van der Waals surface area contributed by atoms with Crippen LogP contribution in [-0.2, 0) is 30.3 Å². The zero-order chi connectivity index (χ0) is 32.1. The molecule has 1 N–H and O–H groups in total. The summed E-state index contributed by atoms with van der Waals surface area (Å²) in [5, 5.41) is 13.6. The smallest absolute Gasteiger partial charge is 0 e. The van der Waals surface area contributed by atoms with Gasteiger partial charge in [-0.05, 0) is 25.7 Å². The molecule has 3 nitrogen and oxygen atoms in total. The Balaban J connectivity index is 0.000000363. The van der Waals surface area contributed by atoms with E-state index in [0.29, 0.717) is 0 Å². The van der Waals surface area contributed by atoms with E-state index in [4.69, 9.17) is 4.98 Å². The Hall–Kier alpha value is -1.79. The Morgan fingerprint density at radius 3 is 2.11 bits per heavy atom. The summed E-state index contributed by atoms with van der Waals surface area (Å²) < 4.78 is 2.95. The fourth-order valence-corrected chi connectivity index (χ4v) is 12.4. The number of rotatable bonds is 9. The molecule has 0 saturated carbocycles. The minimum Gasteiger partial charge on any atom is 0 e. The van der Waals surface area contributed by atoms with Crippen molar-refractivity contribution in [1.82, 2.24) is 4.98 Å². The quantitative estimate of drug-likeness (QED) is 0.0790. The number of ketones is 1. The molecule has 1 radical (unpaired) electrons. The Morgan fingerprint density at radius 1 is 0.977 bits per heavy atom. The first-order valence-electron chi connectivity index (χ1n) is 16.0. The van der Waals surface area contributed by atoms with Crippen molar-refractivity contribution >= 4 is 55.0 Å². The molecule has 0 atom stereocenters. The maximum atomic E-state index is 11.7. The first kappa shape index (κ1) is 38.4. The van der Waals surface area contributed by atoms with Crippen LogP contribution in [0.25, 0.3) is 32.1 Å². The van der Waals surface area contributed by atoms with Crippen molar-refractivity contribution in [3.63, 3.8) is 0 Å². The van der Waals surface area contributed by atoms with Gasteiger partial charge in [-0.25, -0.2) is 0 Å². The summed E-state index contributed by atoms with van der Waals surface area (Å²) in [5.41, 5.74) is 5.09. The molecule has 4 aromatic rings. The third kappa shape index (κ3) is 8.93. The molecule has 2 aromatic carbocycles. The average molecular weight is 852 g/mol. The van der Waals surface area contributed by atoms with Crippen molar-refractivity contribution < 1.29 is 30.0 Å². The number of nitrogens with zero attached hydrogens (tertiary/aromatic N) is 1. The minimum atomic E-state index is -1.92. The Morgan fingerprint density at radius 2 is 1.57 bits per heavy atom. The summed E-state index contributed by atoms with van der Waals surface area (Å²) in [7, 11) is 0. The molecular formula is C38H52GeIrNO2S-. The largest absolute Gasteiger partial charge is 0 e. The predicted molar refractivity (Wildman–Crippen MR) is 192 cm³/mol. The predicted octanol–water partition coefficient (Wildman–Crippen LogP) is 10.9. The number of aliphatic hydroxyl groups excluding tert-OH is 1. The van der Waals surface area contributed by atoms with Gasteiger partial charge < -0.3 is 5.11 Å². The number of thiophene rings is 1. The number of pyridine rings is 1. The van der Waals surface area contributed by atoms with E-state index in [-0.39, 0.29) is 48.9 Å². The monoisotopic (exact) mass is 853 g/mol. The molecule has 2 aromatic heterocycles. The summed E-state index contributed by atoms with van der Waals surface area (Å²) in [6.07, 6.45) is 6.88. The number of carbonyl (C=O) groups is 1. The Labute approximate surface area is 286 Å². The Bertz CT molecular complexity index is 1580. The van der Waals surface area contributed by atoms with Gasteiger partial charge in [-0.2, -0.15) is 0 Å². The van der Waals surface area contributed by atoms with E-state index in [1.54, 1.807) is 3.71 Å². The number of allylic oxidation sites excluding steroid dienone is 2. The van der Waals surface area contributed by atoms with Gasteiger partial charge in [0.15, 0.2) is 5.78 Å². The SMILES string of the molecule is CCC(CC)C(=O)/C=C(\O)C(CC)CC.Cc1[c]([Ge]([CH3])([CH3])[CH3])sc2c(-c3[c-]c4ccccc4c(C(C)(C)C)c3)nccc12.[Ir]. The van der Waals surface area contributed by atoms with E-state index < -0.39 is 13.3 Å². The van der Waals surface area contributed by atoms with Gasteiger partial charge in [0.25, 0.3) is 0 Å². The first-order chi connectivity index (χ1) is 20.2. The van der Waals surface area contributed by atoms with Gasteiger partial charge in [-0.15, -0.1) is 0 Å². The van der Waals surface area contributed by atoms with Crippen molar-refractivity contribution in [3.05, 3.63) is 71.6 Å². The van der Waals surface area contributed by atoms with Crippen LogP contribution < -0.4 is 3.71 Å². The van der Waals surface area contributed by atoms with Gasteiger partial charge in [0.2, 0.25) is 0 Å². The fourth-order valence-electron chi connectivity index (χ4n) is 5.81. The molecule has 4 rings (SSSR count). The van der Waals surface area contributed by atoms with Crippen LogP contribution in [0.1, 0.15) is 85.3 Å². The van der Waals surface area contributed by atoms with Crippen molar-refractivity contribution in [2.45, 2.75) is 104 Å². The molecule has 0 aliphatic rings. The van der Waals surface area contributed by atoms with E-state index in [1.807, 2.05) is 45.2 Å². The summed E-state index contributed by atoms with van der Waals surface area (Å²) >= 11 is 0.0502. The number of aryl methyl sites for hydroxylation is 1. The van der Waals surface area contributed by atoms with Crippen LogP contribution in [0, 0.1) is 24.8 Å². The fraction of sp³-hybridized carbons (Fsp3) is 0.474. The van der Waals surface area contributed by atoms with Gasteiger partial charge in [-0.3, -0.25) is 4.79 Å². The molecule has 2 heterocycles. The first-order valence-corrected chi connectivity index (χ1v) is 24.1. The minimum absolute atomic E-state index is 0. The van der Waals surface area contributed by atoms with E-state index in [9.17, 15) is 9.90 Å². The van der Waals surface area contributed by atoms with Gasteiger partial charge in [0.1, 0.15) is 0 Å². The van der Waals surface area contributed by atoms with E-state index >= 15 is 0 Å². The van der Waals surface area contributed by atoms with E-state index in [2.05, 4.69) is 87.4 Å². The van der Waals surface area contributed by atoms with Gasteiger partial charge >= 0.3 is 176 Å². The summed E-state index contributed by atoms with van der Waals surface area (Å²) in [5.74, 6) is 7.98. The van der Waals surface area contributed by atoms with Gasteiger partial charge in [0, 0.05) is 38.0 Å². The van der Waals surface area contributed by atoms with Crippen molar-refractivity contribution in [1.29, 1.82) is 0 Å². The maximum absolute atomic E-state index is 11.7. The standard InChI is InChI=1S/C25H28GeNS.C13H24O2.Ir/c1-16-19-12-13-27-22(23(19)28-24(16)26(5,6)7)18-14-17-10-8-9-11-20(17)21(15-18)25(2,3)4;1-5-10(6-2)12(14)9-13(15)11(7-3)8-4;/h8-13,15H,1-7H3;9-11,14H,5-8H2,1-4H3;/q-1;;/b;12-9-;. The molecule has 0 unspecified atom stereocenters. The molecular weight excluding hydrogens is 799 g/mol. The molecule has 0 amide bonds. The van der Waals surface area contributed by atoms with E-state index in [0.717, 1.165) is 36.9 Å². The number of aliphatic hydroxyl groups is 1. The number of aromatic nitrogens is 1. The molecule has 0 bridgehead atoms. The van der Waals surface area contributed by atoms with Crippen LogP contribution in [0.5, 0.6) is 0 Å². The zero-order valence-corrected chi connectivity index (χ0v) is 34.0. The molecule has 0 saturated heterocycles. The Kier molecular flexibility index (Phi) is 14.1. The van der Waals surface area contributed by atoms with Crippen LogP contribution in [0.15, 0.2) is 54.4 Å².